The Kier molecular flexibility index (Phi) is 5.18. The van der Waals surface area contributed by atoms with Crippen molar-refractivity contribution in [3.05, 3.63) is 80.7 Å². The molecule has 6 nitrogen and oxygen atoms in total. The van der Waals surface area contributed by atoms with Crippen LogP contribution in [0, 0.1) is 0 Å². The van der Waals surface area contributed by atoms with Crippen molar-refractivity contribution in [2.45, 2.75) is 13.3 Å². The van der Waals surface area contributed by atoms with Gasteiger partial charge in [0.05, 0.1) is 5.69 Å². The number of hydrogen-bond acceptors (Lipinski definition) is 4. The molecule has 0 unspecified atom stereocenters. The molecule has 0 aliphatic heterocycles. The van der Waals surface area contributed by atoms with Crippen LogP contribution in [0.1, 0.15) is 23.0 Å². The van der Waals surface area contributed by atoms with Gasteiger partial charge in [-0.15, -0.1) is 0 Å². The third kappa shape index (κ3) is 3.83. The van der Waals surface area contributed by atoms with Gasteiger partial charge < -0.3 is 10.4 Å². The Morgan fingerprint density at radius 2 is 1.81 bits per heavy atom. The fourth-order valence-corrected chi connectivity index (χ4v) is 2.65. The number of carbonyl (C=O) groups excluding carboxylic acids is 1. The molecule has 0 saturated heterocycles. The molecule has 1 amide bonds. The summed E-state index contributed by atoms with van der Waals surface area (Å²) in [6.45, 7) is 2.04. The molecule has 0 atom stereocenters. The Labute approximate surface area is 158 Å². The van der Waals surface area contributed by atoms with E-state index < -0.39 is 17.2 Å². The number of carbonyl (C=O) groups is 1. The molecule has 0 saturated carbocycles. The monoisotopic (exact) mass is 413 g/mol. The molecule has 3 rings (SSSR count). The van der Waals surface area contributed by atoms with Crippen molar-refractivity contribution in [1.29, 1.82) is 0 Å². The summed E-state index contributed by atoms with van der Waals surface area (Å²) in [5, 5.41) is 16.7. The van der Waals surface area contributed by atoms with E-state index in [9.17, 15) is 14.7 Å². The van der Waals surface area contributed by atoms with Crippen LogP contribution >= 0.6 is 15.9 Å². The van der Waals surface area contributed by atoms with Gasteiger partial charge in [-0.05, 0) is 48.4 Å². The van der Waals surface area contributed by atoms with Crippen molar-refractivity contribution in [1.82, 2.24) is 9.78 Å². The number of aromatic hydroxyl groups is 1. The van der Waals surface area contributed by atoms with E-state index >= 15 is 0 Å². The van der Waals surface area contributed by atoms with E-state index in [1.165, 1.54) is 0 Å². The average Bonchev–Trinajstić information content (AvgIpc) is 2.63. The maximum Gasteiger partial charge on any atom is 0.279 e. The van der Waals surface area contributed by atoms with E-state index in [1.807, 2.05) is 19.1 Å². The Hall–Kier alpha value is -2.93. The first-order chi connectivity index (χ1) is 12.5. The summed E-state index contributed by atoms with van der Waals surface area (Å²) in [6.07, 6.45) is 0.898. The fraction of sp³-hybridized carbons (Fsp3) is 0.105. The molecule has 0 aliphatic rings. The molecule has 26 heavy (non-hydrogen) atoms. The van der Waals surface area contributed by atoms with Gasteiger partial charge in [0.2, 0.25) is 0 Å². The lowest BCUT2D eigenvalue weighted by Crippen LogP contribution is -2.25. The van der Waals surface area contributed by atoms with Gasteiger partial charge >= 0.3 is 0 Å². The van der Waals surface area contributed by atoms with Crippen molar-refractivity contribution < 1.29 is 9.90 Å². The predicted molar refractivity (Wildman–Crippen MR) is 103 cm³/mol. The van der Waals surface area contributed by atoms with Gasteiger partial charge in [-0.2, -0.15) is 9.78 Å². The number of nitrogens with one attached hydrogen (secondary N) is 1. The number of nitrogens with zero attached hydrogens (tertiary/aromatic N) is 2. The quantitative estimate of drug-likeness (QED) is 0.685. The Balaban J connectivity index is 1.93. The van der Waals surface area contributed by atoms with E-state index in [0.29, 0.717) is 11.4 Å². The summed E-state index contributed by atoms with van der Waals surface area (Å²) in [5.41, 5.74) is 1.45. The second-order valence-electron chi connectivity index (χ2n) is 5.61. The van der Waals surface area contributed by atoms with Gasteiger partial charge in [0.1, 0.15) is 0 Å². The number of aromatic nitrogens is 2. The molecule has 132 valence electrons. The second kappa shape index (κ2) is 7.53. The summed E-state index contributed by atoms with van der Waals surface area (Å²) >= 11 is 3.32. The topological polar surface area (TPSA) is 84.2 Å². The number of rotatable bonds is 4. The molecule has 7 heteroatoms. The van der Waals surface area contributed by atoms with Crippen LogP contribution in [0.5, 0.6) is 5.75 Å². The van der Waals surface area contributed by atoms with Crippen molar-refractivity contribution in [3.63, 3.8) is 0 Å². The molecular weight excluding hydrogens is 398 g/mol. The number of halogens is 1. The van der Waals surface area contributed by atoms with Gasteiger partial charge in [0, 0.05) is 16.2 Å². The second-order valence-corrected chi connectivity index (χ2v) is 6.52. The first-order valence-electron chi connectivity index (χ1n) is 7.97. The molecule has 0 bridgehead atoms. The molecule has 0 spiro atoms. The van der Waals surface area contributed by atoms with Gasteiger partial charge in [-0.1, -0.05) is 35.0 Å². The fourth-order valence-electron chi connectivity index (χ4n) is 2.39. The third-order valence-electron chi connectivity index (χ3n) is 3.82. The smallest absolute Gasteiger partial charge is 0.279 e. The maximum absolute atomic E-state index is 12.5. The lowest BCUT2D eigenvalue weighted by atomic mass is 10.1. The zero-order valence-electron chi connectivity index (χ0n) is 13.9. The van der Waals surface area contributed by atoms with Crippen LogP contribution in [0.25, 0.3) is 5.69 Å². The van der Waals surface area contributed by atoms with E-state index in [2.05, 4.69) is 26.3 Å². The molecule has 1 aromatic heterocycles. The van der Waals surface area contributed by atoms with Crippen LogP contribution < -0.4 is 10.9 Å². The number of aryl methyl sites for hydroxylation is 1. The molecule has 1 heterocycles. The largest absolute Gasteiger partial charge is 0.505 e. The van der Waals surface area contributed by atoms with E-state index in [4.69, 9.17) is 0 Å². The van der Waals surface area contributed by atoms with E-state index in [0.717, 1.165) is 27.2 Å². The summed E-state index contributed by atoms with van der Waals surface area (Å²) in [6, 6.07) is 15.2. The Morgan fingerprint density at radius 1 is 1.15 bits per heavy atom. The minimum atomic E-state index is -0.599. The van der Waals surface area contributed by atoms with E-state index in [1.54, 1.807) is 36.4 Å². The molecule has 0 fully saturated rings. The highest BCUT2D eigenvalue weighted by Crippen LogP contribution is 2.17. The van der Waals surface area contributed by atoms with Crippen molar-refractivity contribution in [2.24, 2.45) is 0 Å². The molecule has 0 radical (unpaired) electrons. The van der Waals surface area contributed by atoms with Gasteiger partial charge in [-0.25, -0.2) is 0 Å². The summed E-state index contributed by atoms with van der Waals surface area (Å²) in [7, 11) is 0. The standard InChI is InChI=1S/C19H16BrN3O3/c1-2-12-3-7-14(8-4-12)21-19(26)18-16(24)11-17(25)23(22-18)15-9-5-13(20)6-10-15/h3-11,24H,2H2,1H3,(H,21,26). The molecule has 2 aromatic carbocycles. The average molecular weight is 414 g/mol. The van der Waals surface area contributed by atoms with E-state index in [-0.39, 0.29) is 5.69 Å². The summed E-state index contributed by atoms with van der Waals surface area (Å²) < 4.78 is 1.92. The van der Waals surface area contributed by atoms with Crippen LogP contribution in [0.15, 0.2) is 63.9 Å². The lowest BCUT2D eigenvalue weighted by Gasteiger charge is -2.10. The normalized spacial score (nSPS) is 10.5. The maximum atomic E-state index is 12.5. The van der Waals surface area contributed by atoms with Gasteiger partial charge in [-0.3, -0.25) is 9.59 Å². The summed E-state index contributed by atoms with van der Waals surface area (Å²) in [5.74, 6) is -1.07. The van der Waals surface area contributed by atoms with Gasteiger partial charge in [0.15, 0.2) is 11.4 Å². The third-order valence-corrected chi connectivity index (χ3v) is 4.35. The van der Waals surface area contributed by atoms with Gasteiger partial charge in [0.25, 0.3) is 11.5 Å². The lowest BCUT2D eigenvalue weighted by molar-refractivity contribution is 0.101. The van der Waals surface area contributed by atoms with Crippen LogP contribution in [-0.2, 0) is 6.42 Å². The Bertz CT molecular complexity index is 996. The summed E-state index contributed by atoms with van der Waals surface area (Å²) in [4.78, 5) is 24.6. The first-order valence-corrected chi connectivity index (χ1v) is 8.77. The minimum Gasteiger partial charge on any atom is -0.505 e. The van der Waals surface area contributed by atoms with Crippen molar-refractivity contribution in [2.75, 3.05) is 5.32 Å². The predicted octanol–water partition coefficient (Wildman–Crippen LogP) is 3.52. The number of anilines is 1. The van der Waals surface area contributed by atoms with Crippen LogP contribution in [0.4, 0.5) is 5.69 Å². The molecule has 3 aromatic rings. The van der Waals surface area contributed by atoms with Crippen LogP contribution in [0.2, 0.25) is 0 Å². The zero-order chi connectivity index (χ0) is 18.7. The zero-order valence-corrected chi connectivity index (χ0v) is 15.5. The van der Waals surface area contributed by atoms with Crippen molar-refractivity contribution >= 4 is 27.5 Å². The Morgan fingerprint density at radius 3 is 2.42 bits per heavy atom. The SMILES string of the molecule is CCc1ccc(NC(=O)c2nn(-c3ccc(Br)cc3)c(=O)cc2O)cc1. The molecular formula is C19H16BrN3O3. The number of amides is 1. The van der Waals surface area contributed by atoms with Crippen molar-refractivity contribution in [3.8, 4) is 11.4 Å². The van der Waals surface area contributed by atoms with Crippen LogP contribution in [0.3, 0.4) is 0 Å². The highest BCUT2D eigenvalue weighted by Gasteiger charge is 2.17. The minimum absolute atomic E-state index is 0.230. The molecule has 2 N–H and O–H groups in total. The highest BCUT2D eigenvalue weighted by atomic mass is 79.9. The highest BCUT2D eigenvalue weighted by molar-refractivity contribution is 9.10. The first kappa shape index (κ1) is 17.9. The molecule has 0 aliphatic carbocycles. The number of benzene rings is 2. The van der Waals surface area contributed by atoms with Crippen LogP contribution in [-0.4, -0.2) is 20.8 Å². The number of hydrogen-bond donors (Lipinski definition) is 2.